The van der Waals surface area contributed by atoms with Crippen molar-refractivity contribution in [3.63, 3.8) is 0 Å². The van der Waals surface area contributed by atoms with Gasteiger partial charge in [-0.1, -0.05) is 48.5 Å². The number of ether oxygens (including phenoxy) is 1. The van der Waals surface area contributed by atoms with Gasteiger partial charge in [-0.2, -0.15) is 0 Å². The van der Waals surface area contributed by atoms with Gasteiger partial charge in [0, 0.05) is 18.2 Å². The number of hydrogen-bond donors (Lipinski definition) is 4. The highest BCUT2D eigenvalue weighted by molar-refractivity contribution is 6.59. The van der Waals surface area contributed by atoms with E-state index in [4.69, 9.17) is 10.5 Å². The van der Waals surface area contributed by atoms with Crippen molar-refractivity contribution in [2.75, 3.05) is 12.3 Å². The third-order valence-corrected chi connectivity index (χ3v) is 5.62. The largest absolute Gasteiger partial charge is 0.488 e. The molecule has 5 N–H and O–H groups in total. The average molecular weight is 402 g/mol. The third-order valence-electron chi connectivity index (χ3n) is 5.62. The van der Waals surface area contributed by atoms with E-state index in [-0.39, 0.29) is 19.1 Å². The van der Waals surface area contributed by atoms with Gasteiger partial charge in [0.1, 0.15) is 6.61 Å². The first-order valence-corrected chi connectivity index (χ1v) is 9.79. The molecule has 152 valence electrons. The Bertz CT molecular complexity index is 1050. The fraction of sp³-hybridized carbons (Fsp3) is 0.174. The van der Waals surface area contributed by atoms with Gasteiger partial charge in [0.25, 0.3) is 0 Å². The number of anilines is 1. The highest BCUT2D eigenvalue weighted by Crippen LogP contribution is 2.44. The monoisotopic (exact) mass is 402 g/mol. The van der Waals surface area contributed by atoms with Crippen molar-refractivity contribution < 1.29 is 19.6 Å². The number of nitrogens with one attached hydrogen (secondary N) is 1. The molecule has 0 fully saturated rings. The van der Waals surface area contributed by atoms with Crippen LogP contribution in [0.15, 0.2) is 60.7 Å². The van der Waals surface area contributed by atoms with Crippen LogP contribution in [0.3, 0.4) is 0 Å². The minimum Gasteiger partial charge on any atom is -0.449 e. The summed E-state index contributed by atoms with van der Waals surface area (Å²) in [7, 11) is -1.62. The first-order valence-electron chi connectivity index (χ1n) is 9.79. The van der Waals surface area contributed by atoms with E-state index in [0.29, 0.717) is 22.3 Å². The summed E-state index contributed by atoms with van der Waals surface area (Å²) in [6, 6.07) is 19.5. The molecule has 3 aromatic rings. The number of benzene rings is 3. The molecular formula is C23H23BN2O4. The standard InChI is InChI=1S/C23H23BN2O4/c1-14-15(10-16(25)11-22(14)24(28)29)12-26-23(27)30-13-21-19-8-4-2-6-17(19)18-7-3-5-9-20(18)21/h2-11,21,28-29H,12-13,25H2,1H3,(H,26,27). The Balaban J connectivity index is 1.43. The lowest BCUT2D eigenvalue weighted by molar-refractivity contribution is 0.142. The molecule has 7 heteroatoms. The maximum Gasteiger partial charge on any atom is 0.488 e. The van der Waals surface area contributed by atoms with E-state index in [9.17, 15) is 14.8 Å². The molecule has 1 aliphatic rings. The topological polar surface area (TPSA) is 105 Å². The van der Waals surface area contributed by atoms with Gasteiger partial charge in [-0.05, 0) is 57.9 Å². The number of amides is 1. The van der Waals surface area contributed by atoms with Crippen LogP contribution in [0.5, 0.6) is 0 Å². The van der Waals surface area contributed by atoms with Gasteiger partial charge in [-0.3, -0.25) is 0 Å². The Hall–Kier alpha value is -3.29. The van der Waals surface area contributed by atoms with Crippen molar-refractivity contribution in [1.82, 2.24) is 5.32 Å². The van der Waals surface area contributed by atoms with Gasteiger partial charge in [-0.15, -0.1) is 0 Å². The minimum absolute atomic E-state index is 0.00612. The second-order valence-corrected chi connectivity index (χ2v) is 7.45. The Morgan fingerprint density at radius 1 is 1.07 bits per heavy atom. The van der Waals surface area contributed by atoms with Crippen molar-refractivity contribution in [1.29, 1.82) is 0 Å². The van der Waals surface area contributed by atoms with Gasteiger partial charge in [0.15, 0.2) is 0 Å². The van der Waals surface area contributed by atoms with Crippen molar-refractivity contribution in [3.8, 4) is 11.1 Å². The molecule has 0 unspecified atom stereocenters. The molecule has 0 saturated carbocycles. The van der Waals surface area contributed by atoms with E-state index in [1.807, 2.05) is 24.3 Å². The fourth-order valence-electron chi connectivity index (χ4n) is 4.09. The predicted molar refractivity (Wildman–Crippen MR) is 117 cm³/mol. The van der Waals surface area contributed by atoms with Gasteiger partial charge >= 0.3 is 13.2 Å². The summed E-state index contributed by atoms with van der Waals surface area (Å²) in [4.78, 5) is 12.3. The second-order valence-electron chi connectivity index (χ2n) is 7.45. The smallest absolute Gasteiger partial charge is 0.449 e. The fourth-order valence-corrected chi connectivity index (χ4v) is 4.09. The number of nitrogens with two attached hydrogens (primary N) is 1. The van der Waals surface area contributed by atoms with Crippen LogP contribution < -0.4 is 16.5 Å². The summed E-state index contributed by atoms with van der Waals surface area (Å²) in [5.74, 6) is -0.00612. The number of nitrogen functional groups attached to an aromatic ring is 1. The van der Waals surface area contributed by atoms with Gasteiger partial charge in [-0.25, -0.2) is 4.79 Å². The first-order chi connectivity index (χ1) is 14.5. The molecule has 1 amide bonds. The van der Waals surface area contributed by atoms with Crippen molar-refractivity contribution >= 4 is 24.4 Å². The maximum atomic E-state index is 12.3. The maximum absolute atomic E-state index is 12.3. The molecule has 0 heterocycles. The molecule has 3 aromatic carbocycles. The molecule has 0 radical (unpaired) electrons. The zero-order valence-electron chi connectivity index (χ0n) is 16.6. The van der Waals surface area contributed by atoms with Gasteiger partial charge in [0.2, 0.25) is 0 Å². The summed E-state index contributed by atoms with van der Waals surface area (Å²) in [6.45, 7) is 2.16. The molecule has 1 aliphatic carbocycles. The summed E-state index contributed by atoms with van der Waals surface area (Å²) >= 11 is 0. The molecule has 0 aromatic heterocycles. The number of alkyl carbamates (subject to hydrolysis) is 1. The summed E-state index contributed by atoms with van der Waals surface area (Å²) in [5, 5.41) is 21.7. The summed E-state index contributed by atoms with van der Waals surface area (Å²) < 4.78 is 5.53. The molecule has 0 aliphatic heterocycles. The number of carbonyl (C=O) groups excluding carboxylic acids is 1. The van der Waals surface area contributed by atoms with Crippen molar-refractivity contribution in [3.05, 3.63) is 82.9 Å². The van der Waals surface area contributed by atoms with E-state index in [2.05, 4.69) is 29.6 Å². The lowest BCUT2D eigenvalue weighted by Crippen LogP contribution is -2.34. The number of rotatable bonds is 5. The zero-order valence-corrected chi connectivity index (χ0v) is 16.6. The molecule has 6 nitrogen and oxygen atoms in total. The normalized spacial score (nSPS) is 12.2. The van der Waals surface area contributed by atoms with Crippen LogP contribution in [-0.2, 0) is 11.3 Å². The van der Waals surface area contributed by atoms with Crippen molar-refractivity contribution in [2.45, 2.75) is 19.4 Å². The van der Waals surface area contributed by atoms with Crippen LogP contribution in [0, 0.1) is 6.92 Å². The average Bonchev–Trinajstić information content (AvgIpc) is 3.06. The summed E-state index contributed by atoms with van der Waals surface area (Å²) in [6.07, 6.45) is -0.537. The lowest BCUT2D eigenvalue weighted by Gasteiger charge is -2.16. The second kappa shape index (κ2) is 8.22. The Morgan fingerprint density at radius 3 is 2.27 bits per heavy atom. The Kier molecular flexibility index (Phi) is 5.48. The van der Waals surface area contributed by atoms with Crippen LogP contribution in [0.2, 0.25) is 0 Å². The Labute approximate surface area is 175 Å². The van der Waals surface area contributed by atoms with Crippen LogP contribution in [0.4, 0.5) is 10.5 Å². The van der Waals surface area contributed by atoms with Crippen LogP contribution in [0.25, 0.3) is 11.1 Å². The zero-order chi connectivity index (χ0) is 21.3. The highest BCUT2D eigenvalue weighted by atomic mass is 16.5. The van der Waals surface area contributed by atoms with E-state index < -0.39 is 13.2 Å². The van der Waals surface area contributed by atoms with Crippen molar-refractivity contribution in [2.24, 2.45) is 0 Å². The molecule has 0 spiro atoms. The Morgan fingerprint density at radius 2 is 1.67 bits per heavy atom. The van der Waals surface area contributed by atoms with Crippen LogP contribution in [-0.4, -0.2) is 29.9 Å². The van der Waals surface area contributed by atoms with E-state index in [1.165, 1.54) is 17.2 Å². The molecule has 4 rings (SSSR count). The van der Waals surface area contributed by atoms with Crippen LogP contribution >= 0.6 is 0 Å². The first kappa shape index (κ1) is 20.0. The van der Waals surface area contributed by atoms with Gasteiger partial charge < -0.3 is 25.8 Å². The number of hydrogen-bond acceptors (Lipinski definition) is 5. The number of carbonyl (C=O) groups is 1. The molecule has 0 bridgehead atoms. The highest BCUT2D eigenvalue weighted by Gasteiger charge is 2.29. The van der Waals surface area contributed by atoms with Gasteiger partial charge in [0.05, 0.1) is 0 Å². The van der Waals surface area contributed by atoms with E-state index in [1.54, 1.807) is 13.0 Å². The number of fused-ring (bicyclic) bond motifs is 3. The quantitative estimate of drug-likeness (QED) is 0.387. The summed E-state index contributed by atoms with van der Waals surface area (Å²) in [5.41, 5.74) is 12.6. The van der Waals surface area contributed by atoms with E-state index >= 15 is 0 Å². The predicted octanol–water partition coefficient (Wildman–Crippen LogP) is 2.30. The van der Waals surface area contributed by atoms with E-state index in [0.717, 1.165) is 11.1 Å². The van der Waals surface area contributed by atoms with Crippen LogP contribution in [0.1, 0.15) is 28.2 Å². The SMILES string of the molecule is Cc1c(CNC(=O)OCC2c3ccccc3-c3ccccc32)cc(N)cc1B(O)O. The molecule has 0 atom stereocenters. The molecule has 0 saturated heterocycles. The minimum atomic E-state index is -1.62. The third kappa shape index (κ3) is 3.77. The lowest BCUT2D eigenvalue weighted by atomic mass is 9.75. The molecular weight excluding hydrogens is 379 g/mol. The molecule has 30 heavy (non-hydrogen) atoms.